The van der Waals surface area contributed by atoms with Crippen molar-refractivity contribution in [3.8, 4) is 11.5 Å². The Morgan fingerprint density at radius 1 is 0.868 bits per heavy atom. The van der Waals surface area contributed by atoms with Gasteiger partial charge in [0.15, 0.2) is 5.78 Å². The second kappa shape index (κ2) is 11.3. The van der Waals surface area contributed by atoms with Gasteiger partial charge in [0.05, 0.1) is 12.2 Å². The second-order valence-corrected chi connectivity index (χ2v) is 9.44. The molecule has 3 aromatic carbocycles. The fourth-order valence-electron chi connectivity index (χ4n) is 4.79. The predicted molar refractivity (Wildman–Crippen MR) is 135 cm³/mol. The highest BCUT2D eigenvalue weighted by Crippen LogP contribution is 2.29. The van der Waals surface area contributed by atoms with Crippen molar-refractivity contribution in [1.29, 1.82) is 0 Å². The van der Waals surface area contributed by atoms with Crippen LogP contribution in [-0.2, 0) is 29.0 Å². The third-order valence-corrected chi connectivity index (χ3v) is 6.64. The molecule has 0 spiro atoms. The molecule has 0 radical (unpaired) electrons. The number of carbonyl (C=O) groups is 2. The number of aromatic nitrogens is 3. The summed E-state index contributed by atoms with van der Waals surface area (Å²) in [5, 5.41) is 7.62. The van der Waals surface area contributed by atoms with Crippen molar-refractivity contribution in [3.05, 3.63) is 108 Å². The van der Waals surface area contributed by atoms with E-state index in [1.54, 1.807) is 47.5 Å². The highest BCUT2D eigenvalue weighted by Gasteiger charge is 2.39. The zero-order valence-corrected chi connectivity index (χ0v) is 20.5. The third-order valence-electron chi connectivity index (χ3n) is 6.64. The number of amides is 1. The van der Waals surface area contributed by atoms with E-state index in [2.05, 4.69) is 10.3 Å². The van der Waals surface area contributed by atoms with Gasteiger partial charge in [-0.2, -0.15) is 0 Å². The molecule has 1 amide bonds. The van der Waals surface area contributed by atoms with E-state index in [0.717, 1.165) is 11.1 Å². The summed E-state index contributed by atoms with van der Waals surface area (Å²) in [6.45, 7) is 0.439. The lowest BCUT2D eigenvalue weighted by atomic mass is 9.94. The van der Waals surface area contributed by atoms with Crippen molar-refractivity contribution >= 4 is 11.7 Å². The highest BCUT2D eigenvalue weighted by atomic mass is 19.1. The van der Waals surface area contributed by atoms with Gasteiger partial charge in [-0.15, -0.1) is 5.10 Å². The Morgan fingerprint density at radius 2 is 1.47 bits per heavy atom. The van der Waals surface area contributed by atoms with Gasteiger partial charge in [0.2, 0.25) is 5.91 Å². The molecule has 194 valence electrons. The Labute approximate surface area is 218 Å². The molecule has 7 nitrogen and oxygen atoms in total. The van der Waals surface area contributed by atoms with Gasteiger partial charge in [-0.1, -0.05) is 29.5 Å². The van der Waals surface area contributed by atoms with E-state index in [4.69, 9.17) is 4.74 Å². The molecule has 1 aliphatic rings. The maximum absolute atomic E-state index is 13.4. The lowest BCUT2D eigenvalue weighted by molar-refractivity contribution is -0.138. The van der Waals surface area contributed by atoms with Gasteiger partial charge in [0.1, 0.15) is 29.7 Å². The van der Waals surface area contributed by atoms with Crippen LogP contribution in [-0.4, -0.2) is 44.2 Å². The van der Waals surface area contributed by atoms with Crippen LogP contribution in [0.5, 0.6) is 11.5 Å². The molecule has 0 N–H and O–H groups in total. The molecule has 38 heavy (non-hydrogen) atoms. The van der Waals surface area contributed by atoms with Crippen molar-refractivity contribution in [2.45, 2.75) is 31.8 Å². The van der Waals surface area contributed by atoms with E-state index in [9.17, 15) is 18.4 Å². The average molecular weight is 517 g/mol. The molecule has 1 aromatic heterocycles. The molecular weight excluding hydrogens is 490 g/mol. The fourth-order valence-corrected chi connectivity index (χ4v) is 4.79. The first-order chi connectivity index (χ1) is 18.4. The number of nitrogens with zero attached hydrogens (tertiary/aromatic N) is 4. The SMILES string of the molecule is O=C(Cc1ccc(Oc2ccc(F)cc2)cc1)[C@@H]1C[C@@H](Cc2ccc(F)cc2)CN1C(=O)Cn1ccnn1. The van der Waals surface area contributed by atoms with Crippen LogP contribution in [0.1, 0.15) is 17.5 Å². The van der Waals surface area contributed by atoms with Crippen LogP contribution in [0.2, 0.25) is 0 Å². The topological polar surface area (TPSA) is 77.3 Å². The minimum Gasteiger partial charge on any atom is -0.457 e. The molecule has 2 heterocycles. The lowest BCUT2D eigenvalue weighted by Crippen LogP contribution is -2.42. The fraction of sp³-hybridized carbons (Fsp3) is 0.241. The van der Waals surface area contributed by atoms with E-state index in [0.29, 0.717) is 30.9 Å². The van der Waals surface area contributed by atoms with Crippen LogP contribution >= 0.6 is 0 Å². The molecule has 1 fully saturated rings. The molecule has 1 aliphatic heterocycles. The normalized spacial score (nSPS) is 16.9. The summed E-state index contributed by atoms with van der Waals surface area (Å²) >= 11 is 0. The van der Waals surface area contributed by atoms with Crippen LogP contribution in [0, 0.1) is 17.6 Å². The average Bonchev–Trinajstić information content (AvgIpc) is 3.58. The lowest BCUT2D eigenvalue weighted by Gasteiger charge is -2.23. The van der Waals surface area contributed by atoms with Gasteiger partial charge in [-0.3, -0.25) is 9.59 Å². The van der Waals surface area contributed by atoms with Crippen LogP contribution in [0.25, 0.3) is 0 Å². The number of Topliss-reactive ketones (excluding diaryl/α,β-unsaturated/α-hetero) is 1. The van der Waals surface area contributed by atoms with E-state index in [1.165, 1.54) is 35.1 Å². The monoisotopic (exact) mass is 516 g/mol. The highest BCUT2D eigenvalue weighted by molar-refractivity contribution is 5.91. The smallest absolute Gasteiger partial charge is 0.244 e. The molecule has 0 unspecified atom stereocenters. The molecule has 9 heteroatoms. The maximum Gasteiger partial charge on any atom is 0.244 e. The molecule has 5 rings (SSSR count). The summed E-state index contributed by atoms with van der Waals surface area (Å²) in [5.41, 5.74) is 1.76. The zero-order chi connectivity index (χ0) is 26.5. The number of hydrogen-bond donors (Lipinski definition) is 0. The Kier molecular flexibility index (Phi) is 7.53. The van der Waals surface area contributed by atoms with E-state index in [1.807, 2.05) is 12.1 Å². The predicted octanol–water partition coefficient (Wildman–Crippen LogP) is 4.62. The molecular formula is C29H26F2N4O3. The summed E-state index contributed by atoms with van der Waals surface area (Å²) in [4.78, 5) is 28.2. The van der Waals surface area contributed by atoms with Crippen LogP contribution < -0.4 is 4.74 Å². The summed E-state index contributed by atoms with van der Waals surface area (Å²) in [7, 11) is 0. The van der Waals surface area contributed by atoms with Gasteiger partial charge in [-0.25, -0.2) is 13.5 Å². The number of benzene rings is 3. The Bertz CT molecular complexity index is 1380. The summed E-state index contributed by atoms with van der Waals surface area (Å²) in [6, 6.07) is 18.6. The van der Waals surface area contributed by atoms with Crippen LogP contribution in [0.4, 0.5) is 8.78 Å². The third kappa shape index (κ3) is 6.29. The summed E-state index contributed by atoms with van der Waals surface area (Å²) < 4.78 is 33.6. The largest absolute Gasteiger partial charge is 0.457 e. The standard InChI is InChI=1S/C29H26F2N4O3/c30-23-5-1-20(2-6-23)15-22-16-27(35(18-22)29(37)19-34-14-13-32-33-34)28(36)17-21-3-9-25(10-4-21)38-26-11-7-24(31)8-12-26/h1-14,22,27H,15-19H2/t22-,27+/m1/s1. The number of ketones is 1. The molecule has 0 saturated carbocycles. The maximum atomic E-state index is 13.4. The van der Waals surface area contributed by atoms with Gasteiger partial charge in [0, 0.05) is 19.2 Å². The van der Waals surface area contributed by atoms with Gasteiger partial charge in [0.25, 0.3) is 0 Å². The number of halogens is 2. The van der Waals surface area contributed by atoms with Gasteiger partial charge in [-0.05, 0) is 78.4 Å². The Balaban J connectivity index is 1.26. The summed E-state index contributed by atoms with van der Waals surface area (Å²) in [6.07, 6.45) is 4.45. The van der Waals surface area contributed by atoms with Crippen molar-refractivity contribution < 1.29 is 23.1 Å². The number of hydrogen-bond acceptors (Lipinski definition) is 5. The van der Waals surface area contributed by atoms with E-state index in [-0.39, 0.29) is 42.2 Å². The number of rotatable bonds is 9. The summed E-state index contributed by atoms with van der Waals surface area (Å²) in [5.74, 6) is 0.260. The Hall–Kier alpha value is -4.40. The number of carbonyl (C=O) groups excluding carboxylic acids is 2. The molecule has 0 bridgehead atoms. The second-order valence-electron chi connectivity index (χ2n) is 9.44. The molecule has 4 aromatic rings. The van der Waals surface area contributed by atoms with E-state index >= 15 is 0 Å². The first kappa shape index (κ1) is 25.3. The number of likely N-dealkylation sites (tertiary alicyclic amines) is 1. The van der Waals surface area contributed by atoms with Crippen molar-refractivity contribution in [1.82, 2.24) is 19.9 Å². The van der Waals surface area contributed by atoms with Crippen LogP contribution in [0.15, 0.2) is 85.2 Å². The first-order valence-corrected chi connectivity index (χ1v) is 12.4. The minimum atomic E-state index is -0.563. The zero-order valence-electron chi connectivity index (χ0n) is 20.5. The molecule has 0 aliphatic carbocycles. The van der Waals surface area contributed by atoms with E-state index < -0.39 is 6.04 Å². The minimum absolute atomic E-state index is 0.00245. The molecule has 2 atom stereocenters. The van der Waals surface area contributed by atoms with Crippen molar-refractivity contribution in [2.24, 2.45) is 5.92 Å². The number of ether oxygens (including phenoxy) is 1. The first-order valence-electron chi connectivity index (χ1n) is 12.4. The Morgan fingerprint density at radius 3 is 2.11 bits per heavy atom. The van der Waals surface area contributed by atoms with Crippen LogP contribution in [0.3, 0.4) is 0 Å². The quantitative estimate of drug-likeness (QED) is 0.325. The van der Waals surface area contributed by atoms with Gasteiger partial charge < -0.3 is 9.64 Å². The van der Waals surface area contributed by atoms with Crippen molar-refractivity contribution in [2.75, 3.05) is 6.54 Å². The van der Waals surface area contributed by atoms with Gasteiger partial charge >= 0.3 is 0 Å². The molecule has 1 saturated heterocycles. The van der Waals surface area contributed by atoms with Crippen molar-refractivity contribution in [3.63, 3.8) is 0 Å².